The third-order valence-corrected chi connectivity index (χ3v) is 4.97. The minimum atomic E-state index is 0.489. The molecule has 0 aliphatic heterocycles. The lowest BCUT2D eigenvalue weighted by molar-refractivity contribution is 0.753. The van der Waals surface area contributed by atoms with Crippen molar-refractivity contribution in [2.24, 2.45) is 0 Å². The monoisotopic (exact) mass is 306 g/mol. The molecule has 114 valence electrons. The van der Waals surface area contributed by atoms with Crippen molar-refractivity contribution < 1.29 is 0 Å². The number of thioether (sulfide) groups is 1. The Morgan fingerprint density at radius 3 is 3.05 bits per heavy atom. The van der Waals surface area contributed by atoms with E-state index in [0.29, 0.717) is 17.6 Å². The highest BCUT2D eigenvalue weighted by Gasteiger charge is 2.25. The molecule has 0 radical (unpaired) electrons. The number of hydrogen-bond acceptors (Lipinski definition) is 6. The lowest BCUT2D eigenvalue weighted by atomic mass is 10.2. The largest absolute Gasteiger partial charge is 0.365 e. The van der Waals surface area contributed by atoms with E-state index in [0.717, 1.165) is 29.6 Å². The van der Waals surface area contributed by atoms with Gasteiger partial charge in [0.05, 0.1) is 6.33 Å². The molecule has 0 aromatic carbocycles. The number of H-pyrrole nitrogens is 1. The van der Waals surface area contributed by atoms with Crippen LogP contribution in [0, 0.1) is 0 Å². The molecule has 2 heterocycles. The van der Waals surface area contributed by atoms with Crippen LogP contribution in [0.15, 0.2) is 6.33 Å². The first-order valence-electron chi connectivity index (χ1n) is 7.54. The van der Waals surface area contributed by atoms with E-state index in [-0.39, 0.29) is 0 Å². The molecule has 2 atom stereocenters. The molecule has 0 spiro atoms. The lowest BCUT2D eigenvalue weighted by Crippen LogP contribution is -2.18. The molecular formula is C14H22N6S. The van der Waals surface area contributed by atoms with Crippen molar-refractivity contribution in [2.45, 2.75) is 43.9 Å². The zero-order valence-corrected chi connectivity index (χ0v) is 13.3. The number of imidazole rings is 1. The SMILES string of the molecule is CCCNc1nc(NC2CCC(SC)C2)c2[nH]cnc2n1. The predicted octanol–water partition coefficient (Wildman–Crippen LogP) is 2.87. The van der Waals surface area contributed by atoms with Crippen molar-refractivity contribution in [3.05, 3.63) is 6.33 Å². The molecule has 2 unspecified atom stereocenters. The summed E-state index contributed by atoms with van der Waals surface area (Å²) >= 11 is 1.96. The van der Waals surface area contributed by atoms with E-state index in [4.69, 9.17) is 0 Å². The van der Waals surface area contributed by atoms with Crippen molar-refractivity contribution in [3.63, 3.8) is 0 Å². The van der Waals surface area contributed by atoms with Crippen LogP contribution in [0.2, 0.25) is 0 Å². The second kappa shape index (κ2) is 6.51. The van der Waals surface area contributed by atoms with Crippen LogP contribution in [0.3, 0.4) is 0 Å². The molecule has 1 aliphatic rings. The number of hydrogen-bond donors (Lipinski definition) is 3. The number of nitrogens with zero attached hydrogens (tertiary/aromatic N) is 3. The van der Waals surface area contributed by atoms with Crippen LogP contribution in [0.1, 0.15) is 32.6 Å². The maximum Gasteiger partial charge on any atom is 0.226 e. The van der Waals surface area contributed by atoms with Crippen LogP contribution in [0.4, 0.5) is 11.8 Å². The minimum Gasteiger partial charge on any atom is -0.365 e. The van der Waals surface area contributed by atoms with E-state index in [1.807, 2.05) is 11.8 Å². The third-order valence-electron chi connectivity index (χ3n) is 3.88. The number of anilines is 2. The summed E-state index contributed by atoms with van der Waals surface area (Å²) in [6.07, 6.45) is 8.58. The molecule has 0 amide bonds. The van der Waals surface area contributed by atoms with Crippen molar-refractivity contribution in [1.29, 1.82) is 0 Å². The van der Waals surface area contributed by atoms with Crippen LogP contribution in [-0.2, 0) is 0 Å². The second-order valence-electron chi connectivity index (χ2n) is 5.44. The summed E-state index contributed by atoms with van der Waals surface area (Å²) < 4.78 is 0. The molecule has 6 nitrogen and oxygen atoms in total. The van der Waals surface area contributed by atoms with Crippen LogP contribution >= 0.6 is 11.8 Å². The van der Waals surface area contributed by atoms with Crippen LogP contribution in [0.25, 0.3) is 11.2 Å². The summed E-state index contributed by atoms with van der Waals surface area (Å²) in [5, 5.41) is 7.58. The highest BCUT2D eigenvalue weighted by Crippen LogP contribution is 2.31. The van der Waals surface area contributed by atoms with E-state index >= 15 is 0 Å². The Balaban J connectivity index is 1.81. The maximum atomic E-state index is 4.61. The van der Waals surface area contributed by atoms with Crippen molar-refractivity contribution in [3.8, 4) is 0 Å². The highest BCUT2D eigenvalue weighted by molar-refractivity contribution is 7.99. The van der Waals surface area contributed by atoms with Gasteiger partial charge in [0.25, 0.3) is 0 Å². The average molecular weight is 306 g/mol. The molecule has 1 aliphatic carbocycles. The summed E-state index contributed by atoms with van der Waals surface area (Å²) in [6, 6.07) is 0.489. The summed E-state index contributed by atoms with van der Waals surface area (Å²) in [6.45, 7) is 2.99. The lowest BCUT2D eigenvalue weighted by Gasteiger charge is -2.15. The third kappa shape index (κ3) is 3.23. The maximum absolute atomic E-state index is 4.61. The molecule has 7 heteroatoms. The van der Waals surface area contributed by atoms with Gasteiger partial charge >= 0.3 is 0 Å². The topological polar surface area (TPSA) is 78.5 Å². The zero-order chi connectivity index (χ0) is 14.7. The van der Waals surface area contributed by atoms with E-state index < -0.39 is 0 Å². The summed E-state index contributed by atoms with van der Waals surface area (Å²) in [7, 11) is 0. The molecule has 0 saturated heterocycles. The fourth-order valence-electron chi connectivity index (χ4n) is 2.73. The first kappa shape index (κ1) is 14.4. The van der Waals surface area contributed by atoms with Gasteiger partial charge in [-0.1, -0.05) is 6.92 Å². The normalized spacial score (nSPS) is 21.8. The molecular weight excluding hydrogens is 284 g/mol. The smallest absolute Gasteiger partial charge is 0.226 e. The number of rotatable bonds is 6. The van der Waals surface area contributed by atoms with Gasteiger partial charge < -0.3 is 15.6 Å². The van der Waals surface area contributed by atoms with E-state index in [1.165, 1.54) is 19.3 Å². The molecule has 3 N–H and O–H groups in total. The van der Waals surface area contributed by atoms with Gasteiger partial charge in [0, 0.05) is 17.8 Å². The van der Waals surface area contributed by atoms with Gasteiger partial charge in [0.1, 0.15) is 5.52 Å². The first-order valence-corrected chi connectivity index (χ1v) is 8.83. The fourth-order valence-corrected chi connectivity index (χ4v) is 3.53. The highest BCUT2D eigenvalue weighted by atomic mass is 32.2. The van der Waals surface area contributed by atoms with E-state index in [2.05, 4.69) is 43.7 Å². The van der Waals surface area contributed by atoms with Gasteiger partial charge in [-0.3, -0.25) is 0 Å². The Labute approximate surface area is 128 Å². The van der Waals surface area contributed by atoms with Crippen molar-refractivity contribution in [2.75, 3.05) is 23.4 Å². The Hall–Kier alpha value is -1.50. The van der Waals surface area contributed by atoms with Gasteiger partial charge in [-0.05, 0) is 31.9 Å². The predicted molar refractivity (Wildman–Crippen MR) is 89.0 cm³/mol. The molecule has 0 bridgehead atoms. The number of aromatic nitrogens is 4. The Kier molecular flexibility index (Phi) is 4.48. The van der Waals surface area contributed by atoms with E-state index in [1.54, 1.807) is 6.33 Å². The van der Waals surface area contributed by atoms with Crippen LogP contribution in [0.5, 0.6) is 0 Å². The molecule has 21 heavy (non-hydrogen) atoms. The molecule has 2 aromatic heterocycles. The number of fused-ring (bicyclic) bond motifs is 1. The fraction of sp³-hybridized carbons (Fsp3) is 0.643. The Morgan fingerprint density at radius 1 is 1.38 bits per heavy atom. The molecule has 3 rings (SSSR count). The summed E-state index contributed by atoms with van der Waals surface area (Å²) in [5.74, 6) is 1.52. The van der Waals surface area contributed by atoms with Gasteiger partial charge in [-0.2, -0.15) is 21.7 Å². The van der Waals surface area contributed by atoms with Crippen molar-refractivity contribution in [1.82, 2.24) is 19.9 Å². The molecule has 1 saturated carbocycles. The van der Waals surface area contributed by atoms with Crippen LogP contribution < -0.4 is 10.6 Å². The number of aromatic amines is 1. The van der Waals surface area contributed by atoms with E-state index in [9.17, 15) is 0 Å². The second-order valence-corrected chi connectivity index (χ2v) is 6.57. The molecule has 2 aromatic rings. The Bertz CT molecular complexity index is 598. The van der Waals surface area contributed by atoms with Gasteiger partial charge in [-0.15, -0.1) is 0 Å². The summed E-state index contributed by atoms with van der Waals surface area (Å²) in [5.41, 5.74) is 1.61. The van der Waals surface area contributed by atoms with Gasteiger partial charge in [-0.25, -0.2) is 4.98 Å². The minimum absolute atomic E-state index is 0.489. The first-order chi connectivity index (χ1) is 10.3. The van der Waals surface area contributed by atoms with Gasteiger partial charge in [0.15, 0.2) is 11.5 Å². The molecule has 1 fully saturated rings. The van der Waals surface area contributed by atoms with Crippen molar-refractivity contribution >= 4 is 34.7 Å². The van der Waals surface area contributed by atoms with Gasteiger partial charge in [0.2, 0.25) is 5.95 Å². The average Bonchev–Trinajstić information content (AvgIpc) is 3.13. The quantitative estimate of drug-likeness (QED) is 0.761. The zero-order valence-electron chi connectivity index (χ0n) is 12.5. The summed E-state index contributed by atoms with van der Waals surface area (Å²) in [4.78, 5) is 16.4. The number of nitrogens with one attached hydrogen (secondary N) is 3. The van der Waals surface area contributed by atoms with Crippen LogP contribution in [-0.4, -0.2) is 44.0 Å². The standard InChI is InChI=1S/C14H22N6S/c1-3-6-15-14-19-12-11(16-8-17-12)13(20-14)18-9-4-5-10(7-9)21-2/h8-10H,3-7H2,1-2H3,(H3,15,16,17,18,19,20). The Morgan fingerprint density at radius 2 is 2.29 bits per heavy atom.